The molecule has 2 aromatic heterocycles. The highest BCUT2D eigenvalue weighted by Crippen LogP contribution is 2.33. The molecule has 5 nitrogen and oxygen atoms in total. The van der Waals surface area contributed by atoms with Gasteiger partial charge in [-0.25, -0.2) is 4.98 Å². The van der Waals surface area contributed by atoms with Gasteiger partial charge in [0.1, 0.15) is 0 Å². The Hall–Kier alpha value is -2.75. The molecule has 35 heavy (non-hydrogen) atoms. The van der Waals surface area contributed by atoms with Gasteiger partial charge in [0.15, 0.2) is 11.0 Å². The fourth-order valence-electron chi connectivity index (χ4n) is 4.06. The van der Waals surface area contributed by atoms with Gasteiger partial charge in [-0.2, -0.15) is 0 Å². The van der Waals surface area contributed by atoms with Crippen molar-refractivity contribution in [3.05, 3.63) is 94.1 Å². The molecule has 5 aromatic rings. The molecule has 7 heteroatoms. The Morgan fingerprint density at radius 1 is 0.914 bits per heavy atom. The molecule has 0 radical (unpaired) electrons. The molecule has 0 amide bonds. The van der Waals surface area contributed by atoms with E-state index in [1.54, 1.807) is 18.9 Å². The monoisotopic (exact) mass is 592 g/mol. The fourth-order valence-corrected chi connectivity index (χ4v) is 5.57. The molecular weight excluding hydrogens is 567 g/mol. The van der Waals surface area contributed by atoms with Crippen LogP contribution in [-0.4, -0.2) is 33.5 Å². The number of pyridine rings is 1. The van der Waals surface area contributed by atoms with Crippen LogP contribution in [0.5, 0.6) is 0 Å². The predicted octanol–water partition coefficient (Wildman–Crippen LogP) is 7.09. The minimum atomic E-state index is 0.685. The summed E-state index contributed by atoms with van der Waals surface area (Å²) in [5.74, 6) is 1.70. The van der Waals surface area contributed by atoms with E-state index in [4.69, 9.17) is 14.8 Å². The molecule has 5 rings (SSSR count). The van der Waals surface area contributed by atoms with Crippen molar-refractivity contribution in [3.63, 3.8) is 0 Å². The lowest BCUT2D eigenvalue weighted by Gasteiger charge is -2.13. The number of hydrogen-bond acceptors (Lipinski definition) is 5. The lowest BCUT2D eigenvalue weighted by atomic mass is 10.0. The summed E-state index contributed by atoms with van der Waals surface area (Å²) in [5, 5.41) is 11.3. The van der Waals surface area contributed by atoms with Crippen molar-refractivity contribution < 1.29 is 4.74 Å². The maximum Gasteiger partial charge on any atom is 0.191 e. The van der Waals surface area contributed by atoms with Gasteiger partial charge in [0.2, 0.25) is 0 Å². The first-order valence-electron chi connectivity index (χ1n) is 11.5. The van der Waals surface area contributed by atoms with Crippen LogP contribution in [-0.2, 0) is 17.0 Å². The molecule has 0 aliphatic heterocycles. The summed E-state index contributed by atoms with van der Waals surface area (Å²) in [5.41, 5.74) is 5.27. The summed E-state index contributed by atoms with van der Waals surface area (Å²) in [6.07, 6.45) is 0.882. The van der Waals surface area contributed by atoms with E-state index < -0.39 is 0 Å². The zero-order valence-corrected chi connectivity index (χ0v) is 22.4. The van der Waals surface area contributed by atoms with Crippen LogP contribution < -0.4 is 0 Å². The lowest BCUT2D eigenvalue weighted by molar-refractivity contribution is 0.189. The fraction of sp³-hybridized carbons (Fsp3) is 0.179. The van der Waals surface area contributed by atoms with E-state index in [-0.39, 0.29) is 0 Å². The van der Waals surface area contributed by atoms with E-state index in [1.165, 1.54) is 9.13 Å². The average molecular weight is 593 g/mol. The third-order valence-electron chi connectivity index (χ3n) is 5.73. The molecule has 3 aromatic carbocycles. The molecule has 0 saturated carbocycles. The molecule has 0 aliphatic carbocycles. The Bertz CT molecular complexity index is 1440. The van der Waals surface area contributed by atoms with Gasteiger partial charge in [0.05, 0.1) is 11.2 Å². The summed E-state index contributed by atoms with van der Waals surface area (Å²) >= 11 is 4.07. The first kappa shape index (κ1) is 24.0. The van der Waals surface area contributed by atoms with Crippen LogP contribution in [0.3, 0.4) is 0 Å². The number of fused-ring (bicyclic) bond motifs is 1. The summed E-state index contributed by atoms with van der Waals surface area (Å²) in [4.78, 5) is 4.94. The van der Waals surface area contributed by atoms with E-state index in [0.29, 0.717) is 6.61 Å². The van der Waals surface area contributed by atoms with Gasteiger partial charge in [-0.3, -0.25) is 0 Å². The average Bonchev–Trinajstić information content (AvgIpc) is 3.30. The second kappa shape index (κ2) is 11.3. The predicted molar refractivity (Wildman–Crippen MR) is 151 cm³/mol. The number of rotatable bonds is 9. The number of benzene rings is 3. The number of halogens is 1. The number of thioether (sulfide) groups is 1. The normalized spacial score (nSPS) is 11.3. The van der Waals surface area contributed by atoms with E-state index >= 15 is 0 Å². The van der Waals surface area contributed by atoms with Crippen molar-refractivity contribution in [2.24, 2.45) is 0 Å². The Morgan fingerprint density at radius 2 is 1.74 bits per heavy atom. The number of hydrogen-bond donors (Lipinski definition) is 0. The third-order valence-corrected chi connectivity index (χ3v) is 7.44. The molecular formula is C28H25IN4OS. The second-order valence-electron chi connectivity index (χ2n) is 8.16. The highest BCUT2D eigenvalue weighted by molar-refractivity contribution is 14.1. The van der Waals surface area contributed by atoms with Gasteiger partial charge in [-0.1, -0.05) is 72.4 Å². The summed E-state index contributed by atoms with van der Waals surface area (Å²) in [7, 11) is 1.74. The largest absolute Gasteiger partial charge is 0.385 e. The zero-order valence-electron chi connectivity index (χ0n) is 19.4. The van der Waals surface area contributed by atoms with Gasteiger partial charge < -0.3 is 9.30 Å². The molecule has 0 saturated heterocycles. The Labute approximate surface area is 223 Å². The molecule has 0 bridgehead atoms. The quantitative estimate of drug-likeness (QED) is 0.104. The van der Waals surface area contributed by atoms with Crippen LogP contribution in [0.1, 0.15) is 12.0 Å². The van der Waals surface area contributed by atoms with Crippen molar-refractivity contribution in [3.8, 4) is 22.6 Å². The molecule has 0 unspecified atom stereocenters. The maximum atomic E-state index is 5.34. The topological polar surface area (TPSA) is 52.8 Å². The minimum Gasteiger partial charge on any atom is -0.385 e. The Morgan fingerprint density at radius 3 is 2.57 bits per heavy atom. The summed E-state index contributed by atoms with van der Waals surface area (Å²) in [6, 6.07) is 29.2. The van der Waals surface area contributed by atoms with Crippen molar-refractivity contribution >= 4 is 45.3 Å². The number of para-hydroxylation sites is 1. The molecule has 2 heterocycles. The van der Waals surface area contributed by atoms with Crippen LogP contribution in [0.15, 0.2) is 90.1 Å². The van der Waals surface area contributed by atoms with Gasteiger partial charge >= 0.3 is 0 Å². The van der Waals surface area contributed by atoms with Crippen molar-refractivity contribution in [2.75, 3.05) is 13.7 Å². The van der Waals surface area contributed by atoms with E-state index in [1.807, 2.05) is 30.3 Å². The summed E-state index contributed by atoms with van der Waals surface area (Å²) < 4.78 is 8.81. The molecule has 0 N–H and O–H groups in total. The van der Waals surface area contributed by atoms with Crippen LogP contribution in [0.2, 0.25) is 0 Å². The molecule has 0 spiro atoms. The summed E-state index contributed by atoms with van der Waals surface area (Å²) in [6.45, 7) is 1.47. The minimum absolute atomic E-state index is 0.685. The maximum absolute atomic E-state index is 5.34. The molecule has 0 aliphatic rings. The second-order valence-corrected chi connectivity index (χ2v) is 10.3. The molecule has 176 valence electrons. The first-order chi connectivity index (χ1) is 17.2. The number of methoxy groups -OCH3 is 1. The Balaban J connectivity index is 1.58. The Kier molecular flexibility index (Phi) is 7.75. The third kappa shape index (κ3) is 5.58. The van der Waals surface area contributed by atoms with Crippen LogP contribution in [0.25, 0.3) is 33.5 Å². The van der Waals surface area contributed by atoms with E-state index in [0.717, 1.165) is 57.4 Å². The van der Waals surface area contributed by atoms with Crippen LogP contribution >= 0.6 is 34.4 Å². The SMILES string of the molecule is COCCCn1c(SCc2cccc(I)c2)nnc1-c1cc(-c2ccccc2)nc2ccccc12. The lowest BCUT2D eigenvalue weighted by Crippen LogP contribution is -2.06. The van der Waals surface area contributed by atoms with E-state index in [9.17, 15) is 0 Å². The van der Waals surface area contributed by atoms with Crippen LogP contribution in [0.4, 0.5) is 0 Å². The number of ether oxygens (including phenoxy) is 1. The highest BCUT2D eigenvalue weighted by atomic mass is 127. The van der Waals surface area contributed by atoms with Crippen molar-refractivity contribution in [1.29, 1.82) is 0 Å². The van der Waals surface area contributed by atoms with E-state index in [2.05, 4.69) is 86.9 Å². The van der Waals surface area contributed by atoms with Gasteiger partial charge in [-0.15, -0.1) is 10.2 Å². The van der Waals surface area contributed by atoms with Crippen LogP contribution in [0, 0.1) is 3.57 Å². The molecule has 0 atom stereocenters. The smallest absolute Gasteiger partial charge is 0.191 e. The van der Waals surface area contributed by atoms with Gasteiger partial charge in [-0.05, 0) is 58.8 Å². The van der Waals surface area contributed by atoms with Crippen molar-refractivity contribution in [2.45, 2.75) is 23.9 Å². The highest BCUT2D eigenvalue weighted by Gasteiger charge is 2.18. The van der Waals surface area contributed by atoms with Gasteiger partial charge in [0, 0.05) is 46.1 Å². The number of aromatic nitrogens is 4. The van der Waals surface area contributed by atoms with Crippen molar-refractivity contribution in [1.82, 2.24) is 19.7 Å². The first-order valence-corrected chi connectivity index (χ1v) is 13.5. The molecule has 0 fully saturated rings. The van der Waals surface area contributed by atoms with Gasteiger partial charge in [0.25, 0.3) is 0 Å². The zero-order chi connectivity index (χ0) is 24.0. The standard InChI is InChI=1S/C28H25IN4OS/c1-34-16-8-15-33-27(31-32-28(33)35-19-20-9-7-12-22(29)17-20)24-18-26(21-10-3-2-4-11-21)30-25-14-6-5-13-23(24)25/h2-7,9-14,17-18H,8,15-16,19H2,1H3. The number of nitrogens with zero attached hydrogens (tertiary/aromatic N) is 4.